The van der Waals surface area contributed by atoms with Crippen molar-refractivity contribution in [2.24, 2.45) is 0 Å². The largest absolute Gasteiger partial charge is 0.456 e. The van der Waals surface area contributed by atoms with Gasteiger partial charge in [-0.05, 0) is 186 Å². The maximum atomic E-state index is 6.26. The molecule has 0 aliphatic rings. The summed E-state index contributed by atoms with van der Waals surface area (Å²) in [4.78, 5) is 2.32. The van der Waals surface area contributed by atoms with E-state index in [1.807, 2.05) is 45.1 Å². The molecule has 0 saturated heterocycles. The van der Waals surface area contributed by atoms with Crippen molar-refractivity contribution in [1.29, 1.82) is 0 Å². The van der Waals surface area contributed by atoms with Gasteiger partial charge in [0.25, 0.3) is 0 Å². The highest BCUT2D eigenvalue weighted by atomic mass is 16.3. The van der Waals surface area contributed by atoms with E-state index in [4.69, 9.17) is 4.42 Å². The average molecular weight is 1010 g/mol. The molecule has 0 radical (unpaired) electrons. The van der Waals surface area contributed by atoms with Crippen molar-refractivity contribution in [3.05, 3.63) is 273 Å². The van der Waals surface area contributed by atoms with E-state index in [1.165, 1.54) is 21.5 Å². The van der Waals surface area contributed by atoms with E-state index < -0.39 is 0 Å². The lowest BCUT2D eigenvalue weighted by molar-refractivity contribution is 0.669. The molecule has 13 rings (SSSR count). The van der Waals surface area contributed by atoms with Crippen molar-refractivity contribution in [3.8, 4) is 39.1 Å². The molecule has 3 heterocycles. The zero-order chi connectivity index (χ0) is 53.3. The molecule has 0 fully saturated rings. The Morgan fingerprint density at radius 1 is 0.423 bits per heavy atom. The minimum absolute atomic E-state index is 0.886. The summed E-state index contributed by atoms with van der Waals surface area (Å²) in [5.41, 5.74) is 20.8. The smallest absolute Gasteiger partial charge is 0.135 e. The summed E-state index contributed by atoms with van der Waals surface area (Å²) in [6.45, 7) is 16.3. The molecule has 0 aliphatic carbocycles. The molecule has 0 unspecified atom stereocenters. The lowest BCUT2D eigenvalue weighted by Crippen LogP contribution is -2.10. The summed E-state index contributed by atoms with van der Waals surface area (Å²) in [5.74, 6) is 0. The Kier molecular flexibility index (Phi) is 13.2. The fourth-order valence-corrected chi connectivity index (χ4v) is 11.4. The minimum atomic E-state index is 0.886. The van der Waals surface area contributed by atoms with Gasteiger partial charge in [0.2, 0.25) is 0 Å². The predicted molar refractivity (Wildman–Crippen MR) is 337 cm³/mol. The van der Waals surface area contributed by atoms with Crippen LogP contribution in [0.1, 0.15) is 38.8 Å². The number of fused-ring (bicyclic) bond motifs is 9. The van der Waals surface area contributed by atoms with Gasteiger partial charge in [0.1, 0.15) is 11.2 Å². The summed E-state index contributed by atoms with van der Waals surface area (Å²) in [7, 11) is 0. The Bertz CT molecular complexity index is 4520. The molecule has 0 aliphatic heterocycles. The number of aromatic nitrogens is 2. The number of rotatable bonds is 12. The number of nitrogens with zero attached hydrogens (tertiary/aromatic N) is 3. The molecule has 0 spiro atoms. The molecular weight excluding hydrogens is 947 g/mol. The first-order chi connectivity index (χ1) is 38.5. The molecule has 0 amide bonds. The van der Waals surface area contributed by atoms with Crippen LogP contribution < -0.4 is 4.90 Å². The molecule has 13 aromatic rings. The van der Waals surface area contributed by atoms with E-state index in [1.54, 1.807) is 0 Å². The Morgan fingerprint density at radius 2 is 0.974 bits per heavy atom. The van der Waals surface area contributed by atoms with Gasteiger partial charge < -0.3 is 18.5 Å². The number of allylic oxidation sites excluding steroid dienone is 6. The summed E-state index contributed by atoms with van der Waals surface area (Å²) in [6, 6.07) is 79.4. The van der Waals surface area contributed by atoms with Crippen LogP contribution in [-0.2, 0) is 0 Å². The second-order valence-electron chi connectivity index (χ2n) is 19.3. The number of para-hydroxylation sites is 4. The maximum absolute atomic E-state index is 6.26. The third-order valence-electron chi connectivity index (χ3n) is 14.8. The van der Waals surface area contributed by atoms with E-state index in [0.29, 0.717) is 0 Å². The molecule has 3 aromatic heterocycles. The third kappa shape index (κ3) is 8.64. The minimum Gasteiger partial charge on any atom is -0.456 e. The number of anilines is 3. The van der Waals surface area contributed by atoms with Crippen molar-refractivity contribution in [2.45, 2.75) is 27.7 Å². The van der Waals surface area contributed by atoms with Crippen molar-refractivity contribution < 1.29 is 4.42 Å². The van der Waals surface area contributed by atoms with Gasteiger partial charge in [-0.2, -0.15) is 0 Å². The molecule has 78 heavy (non-hydrogen) atoms. The highest BCUT2D eigenvalue weighted by Gasteiger charge is 2.19. The highest BCUT2D eigenvalue weighted by Crippen LogP contribution is 2.43. The van der Waals surface area contributed by atoms with Gasteiger partial charge in [0.05, 0.1) is 22.1 Å². The summed E-state index contributed by atoms with van der Waals surface area (Å²) >= 11 is 0. The lowest BCUT2D eigenvalue weighted by Gasteiger charge is -2.26. The van der Waals surface area contributed by atoms with E-state index in [2.05, 4.69) is 271 Å². The van der Waals surface area contributed by atoms with Gasteiger partial charge >= 0.3 is 0 Å². The first kappa shape index (κ1) is 49.0. The Morgan fingerprint density at radius 3 is 1.67 bits per heavy atom. The molecule has 0 atom stereocenters. The van der Waals surface area contributed by atoms with Crippen LogP contribution in [0.4, 0.5) is 17.1 Å². The van der Waals surface area contributed by atoms with Crippen LogP contribution in [0.2, 0.25) is 0 Å². The number of hydrogen-bond donors (Lipinski definition) is 0. The average Bonchev–Trinajstić information content (AvgIpc) is 4.34. The van der Waals surface area contributed by atoms with Crippen LogP contribution in [0.25, 0.3) is 122 Å². The first-order valence-corrected chi connectivity index (χ1v) is 26.9. The zero-order valence-electron chi connectivity index (χ0n) is 44.5. The standard InChI is InChI=1S/C72H53N3O.C2H6/c1-5-18-49-31-36-59(44-48(49)8-4)73(57-21-10-9-11-22-57)58-34-29-50(30-35-58)53-41-54(51-32-38-69-64(45-51)61-23-12-15-26-67(61)74(69)56(19-6-2)20-7-3)43-55(42-53)52-33-39-70-65(46-52)62-24-13-16-27-68(62)75(70)60-37-40-72-66(47-60)63-25-14-17-28-71(63)76-72;1-2/h5-47H,2,4H2,1,3H3;1-2H3/b18-5-,20-7-,56-19+;. The molecular formula is C74H59N3O. The summed E-state index contributed by atoms with van der Waals surface area (Å²) < 4.78 is 11.0. The molecule has 0 N–H and O–H groups in total. The van der Waals surface area contributed by atoms with Crippen LogP contribution in [0.5, 0.6) is 0 Å². The summed E-state index contributed by atoms with van der Waals surface area (Å²) in [6.07, 6.45) is 14.3. The summed E-state index contributed by atoms with van der Waals surface area (Å²) in [5, 5.41) is 7.01. The Labute approximate surface area is 456 Å². The molecule has 4 heteroatoms. The number of benzene rings is 10. The fourth-order valence-electron chi connectivity index (χ4n) is 11.4. The number of hydrogen-bond acceptors (Lipinski definition) is 2. The highest BCUT2D eigenvalue weighted by molar-refractivity contribution is 6.13. The topological polar surface area (TPSA) is 26.2 Å². The SMILES string of the molecule is C=C/C=C(\C=C/C)n1c2ccccc2c2cc(-c3cc(-c4ccc(N(c5ccccc5)c5ccc(/C=C\C)c(C=C)c5)cc4)cc(-c4ccc5c(c4)c4ccccc4n5-c4ccc5oc6ccccc6c5c4)c3)ccc21.CC. The zero-order valence-corrected chi connectivity index (χ0v) is 44.5. The monoisotopic (exact) mass is 1010 g/mol. The van der Waals surface area contributed by atoms with Crippen molar-refractivity contribution in [3.63, 3.8) is 0 Å². The quantitative estimate of drug-likeness (QED) is 0.114. The van der Waals surface area contributed by atoms with Crippen LogP contribution in [0.15, 0.2) is 266 Å². The van der Waals surface area contributed by atoms with E-state index in [0.717, 1.165) is 117 Å². The predicted octanol–water partition coefficient (Wildman–Crippen LogP) is 21.6. The van der Waals surface area contributed by atoms with Gasteiger partial charge in [-0.25, -0.2) is 0 Å². The third-order valence-corrected chi connectivity index (χ3v) is 14.8. The molecule has 4 nitrogen and oxygen atoms in total. The van der Waals surface area contributed by atoms with E-state index in [9.17, 15) is 0 Å². The molecule has 0 bridgehead atoms. The lowest BCUT2D eigenvalue weighted by atomic mass is 9.92. The fraction of sp³-hybridized carbons (Fsp3) is 0.0541. The number of furan rings is 1. The van der Waals surface area contributed by atoms with Gasteiger partial charge in [-0.3, -0.25) is 0 Å². The van der Waals surface area contributed by atoms with Crippen molar-refractivity contribution in [1.82, 2.24) is 9.13 Å². The van der Waals surface area contributed by atoms with Gasteiger partial charge in [0.15, 0.2) is 0 Å². The molecule has 10 aromatic carbocycles. The van der Waals surface area contributed by atoms with Crippen LogP contribution >= 0.6 is 0 Å². The maximum Gasteiger partial charge on any atom is 0.135 e. The van der Waals surface area contributed by atoms with E-state index in [-0.39, 0.29) is 0 Å². The Hall–Kier alpha value is -9.90. The molecule has 0 saturated carbocycles. The van der Waals surface area contributed by atoms with Gasteiger partial charge in [-0.1, -0.05) is 161 Å². The second-order valence-corrected chi connectivity index (χ2v) is 19.3. The van der Waals surface area contributed by atoms with Gasteiger partial charge in [0, 0.05) is 60.8 Å². The molecule has 376 valence electrons. The van der Waals surface area contributed by atoms with Crippen molar-refractivity contribution >= 4 is 100 Å². The Balaban J connectivity index is 0.00000301. The van der Waals surface area contributed by atoms with Crippen LogP contribution in [0, 0.1) is 0 Å². The van der Waals surface area contributed by atoms with E-state index >= 15 is 0 Å². The van der Waals surface area contributed by atoms with Gasteiger partial charge in [-0.15, -0.1) is 0 Å². The van der Waals surface area contributed by atoms with Crippen LogP contribution in [-0.4, -0.2) is 9.13 Å². The normalized spacial score (nSPS) is 11.9. The second kappa shape index (κ2) is 21.0. The first-order valence-electron chi connectivity index (χ1n) is 26.9. The van der Waals surface area contributed by atoms with Crippen molar-refractivity contribution in [2.75, 3.05) is 4.90 Å². The van der Waals surface area contributed by atoms with Crippen LogP contribution in [0.3, 0.4) is 0 Å².